The monoisotopic (exact) mass is 1060 g/mol. The van der Waals surface area contributed by atoms with Crippen molar-refractivity contribution >= 4 is 66.3 Å². The van der Waals surface area contributed by atoms with E-state index in [0.29, 0.717) is 33.0 Å². The molecule has 4 aliphatic rings. The Morgan fingerprint density at radius 2 is 1.35 bits per heavy atom. The van der Waals surface area contributed by atoms with Crippen LogP contribution in [-0.2, 0) is 42.1 Å². The second-order valence-corrected chi connectivity index (χ2v) is 23.3. The molecular weight excluding hydrogens is 1010 g/mol. The zero-order chi connectivity index (χ0) is 53.0. The number of amides is 3. The Morgan fingerprint density at radius 1 is 0.784 bits per heavy atom. The number of nitrogens with one attached hydrogen (secondary N) is 1. The molecule has 13 nitrogen and oxygen atoms in total. The Morgan fingerprint density at radius 3 is 1.89 bits per heavy atom. The van der Waals surface area contributed by atoms with E-state index in [2.05, 4.69) is 43.8 Å². The third-order valence-corrected chi connectivity index (χ3v) is 18.0. The zero-order valence-electron chi connectivity index (χ0n) is 41.9. The van der Waals surface area contributed by atoms with Crippen LogP contribution >= 0.6 is 31.2 Å². The number of esters is 1. The van der Waals surface area contributed by atoms with Gasteiger partial charge in [-0.2, -0.15) is 18.4 Å². The highest BCUT2D eigenvalue weighted by molar-refractivity contribution is 7.45. The van der Waals surface area contributed by atoms with Gasteiger partial charge in [0.05, 0.1) is 47.1 Å². The lowest BCUT2D eigenvalue weighted by atomic mass is 9.74. The fraction of sp³-hybridized carbons (Fsp3) is 0.327. The molecule has 6 heterocycles. The lowest BCUT2D eigenvalue weighted by Gasteiger charge is -2.46. The summed E-state index contributed by atoms with van der Waals surface area (Å²) >= 11 is 2.78. The number of halogens is 3. The molecule has 0 aliphatic carbocycles. The van der Waals surface area contributed by atoms with Crippen molar-refractivity contribution in [3.8, 4) is 44.2 Å². The molecule has 2 unspecified atom stereocenters. The average Bonchev–Trinajstić information content (AvgIpc) is 4.11. The first-order chi connectivity index (χ1) is 35.0. The zero-order valence-corrected chi connectivity index (χ0v) is 44.4. The lowest BCUT2D eigenvalue weighted by molar-refractivity contribution is -0.171. The minimum Gasteiger partial charge on any atom is -0.456 e. The van der Waals surface area contributed by atoms with E-state index in [4.69, 9.17) is 23.8 Å². The smallest absolute Gasteiger partial charge is 0.456 e. The van der Waals surface area contributed by atoms with Crippen molar-refractivity contribution in [1.82, 2.24) is 9.99 Å². The second-order valence-electron chi connectivity index (χ2n) is 20.1. The highest BCUT2D eigenvalue weighted by Crippen LogP contribution is 2.63. The number of nitrogens with zero attached hydrogens (tertiary/aromatic N) is 4. The number of benzene rings is 4. The van der Waals surface area contributed by atoms with E-state index in [0.717, 1.165) is 20.9 Å². The summed E-state index contributed by atoms with van der Waals surface area (Å²) in [5, 5.41) is 15.8. The van der Waals surface area contributed by atoms with Crippen molar-refractivity contribution in [2.24, 2.45) is 0 Å². The summed E-state index contributed by atoms with van der Waals surface area (Å²) in [5.74, 6) is -2.83. The first-order valence-electron chi connectivity index (χ1n) is 24.0. The second kappa shape index (κ2) is 18.3. The van der Waals surface area contributed by atoms with Gasteiger partial charge in [0, 0.05) is 80.8 Å². The normalized spacial score (nSPS) is 17.8. The van der Waals surface area contributed by atoms with Gasteiger partial charge in [-0.15, -0.1) is 22.7 Å². The average molecular weight is 1060 g/mol. The Balaban J connectivity index is 1.08. The Hall–Kier alpha value is -6.61. The third-order valence-electron chi connectivity index (χ3n) is 14.0. The highest BCUT2D eigenvalue weighted by Gasteiger charge is 2.57. The molecule has 0 radical (unpaired) electrons. The largest absolute Gasteiger partial charge is 0.471 e. The van der Waals surface area contributed by atoms with Crippen LogP contribution in [0.1, 0.15) is 123 Å². The van der Waals surface area contributed by atoms with E-state index in [-0.39, 0.29) is 82.6 Å². The van der Waals surface area contributed by atoms with Crippen LogP contribution in [0, 0.1) is 11.3 Å². The number of alkyl halides is 3. The van der Waals surface area contributed by atoms with Crippen molar-refractivity contribution in [2.45, 2.75) is 110 Å². The number of nitriles is 1. The number of carbonyl (C=O) groups excluding carboxylic acids is 4. The molecule has 2 aromatic heterocycles. The molecule has 0 fully saturated rings. The minimum absolute atomic E-state index is 0.00131. The maximum absolute atomic E-state index is 14.6. The van der Waals surface area contributed by atoms with Crippen LogP contribution in [-0.4, -0.2) is 53.2 Å². The molecule has 4 aromatic carbocycles. The van der Waals surface area contributed by atoms with Gasteiger partial charge in [-0.25, -0.2) is 9.46 Å². The molecule has 74 heavy (non-hydrogen) atoms. The van der Waals surface area contributed by atoms with Gasteiger partial charge in [0.1, 0.15) is 17.2 Å². The molecule has 4 aliphatic heterocycles. The van der Waals surface area contributed by atoms with Gasteiger partial charge in [-0.05, 0) is 137 Å². The van der Waals surface area contributed by atoms with Crippen LogP contribution in [0.5, 0.6) is 17.2 Å². The van der Waals surface area contributed by atoms with Gasteiger partial charge in [0.25, 0.3) is 5.91 Å². The van der Waals surface area contributed by atoms with Crippen LogP contribution in [0.4, 0.5) is 24.5 Å². The summed E-state index contributed by atoms with van der Waals surface area (Å²) in [6.45, 7) is 17.0. The summed E-state index contributed by atoms with van der Waals surface area (Å²) in [5.41, 5.74) is 0.625. The Kier molecular flexibility index (Phi) is 12.6. The van der Waals surface area contributed by atoms with Crippen molar-refractivity contribution in [3.05, 3.63) is 134 Å². The molecule has 382 valence electrons. The number of ether oxygens (including phenoxy) is 2. The summed E-state index contributed by atoms with van der Waals surface area (Å²) in [7, 11) is -1.54. The number of rotatable bonds is 11. The lowest BCUT2D eigenvalue weighted by Crippen LogP contribution is -2.53. The van der Waals surface area contributed by atoms with Crippen molar-refractivity contribution in [3.63, 3.8) is 0 Å². The molecule has 6 aromatic rings. The van der Waals surface area contributed by atoms with E-state index in [1.165, 1.54) is 47.8 Å². The number of carbonyl (C=O) groups is 4. The van der Waals surface area contributed by atoms with Gasteiger partial charge in [0.15, 0.2) is 5.60 Å². The summed E-state index contributed by atoms with van der Waals surface area (Å²) < 4.78 is 71.8. The van der Waals surface area contributed by atoms with Crippen LogP contribution in [0.2, 0.25) is 0 Å². The maximum atomic E-state index is 14.6. The van der Waals surface area contributed by atoms with Crippen molar-refractivity contribution in [1.29, 1.82) is 5.26 Å². The Bertz CT molecular complexity index is 3350. The van der Waals surface area contributed by atoms with Crippen molar-refractivity contribution in [2.75, 3.05) is 16.4 Å². The standard InChI is InChI=1S/C55H51F3N5O8PS2/c1-29(2)63(30(3)4)72(68-20-10-19-59)71-34-14-11-32(12-15-34)28-60-49(65)33-13-16-35-40(23-33)54(70-50(35)66)41-24-36-43(61(31(5)64)52(6,7)38-17-21-73-47(36)38)26-45(41)69-46-27-44-37(25-42(46)54)48-39(18-22-74-48)53(8,9)62(44)51(67)55(56,57)58/h11-18,21-27,29-30H,10,20,28H2,1-9H3,(H,60,65). The summed E-state index contributed by atoms with van der Waals surface area (Å²) in [6.07, 6.45) is -5.02. The SMILES string of the molecule is CC(=O)N1c2cc3c(cc2-c2sccc2C1(C)C)C1(OC(=O)c2ccc(C(=O)NCc4ccc(OP(OCCC#N)N(C(C)C)C(C)C)cc4)cc21)c1cc2c(cc1O3)N(C(=O)C(F)(F)F)C(C)(C)c1ccsc1-2. The van der Waals surface area contributed by atoms with E-state index >= 15 is 0 Å². The highest BCUT2D eigenvalue weighted by atomic mass is 32.1. The Labute approximate surface area is 435 Å². The van der Waals surface area contributed by atoms with E-state index in [1.54, 1.807) is 60.5 Å². The van der Waals surface area contributed by atoms with Crippen LogP contribution in [0.3, 0.4) is 0 Å². The number of fused-ring (bicyclic) bond motifs is 12. The first kappa shape index (κ1) is 50.9. The predicted molar refractivity (Wildman–Crippen MR) is 278 cm³/mol. The minimum atomic E-state index is -5.24. The summed E-state index contributed by atoms with van der Waals surface area (Å²) in [4.78, 5) is 59.8. The topological polar surface area (TPSA) is 151 Å². The fourth-order valence-electron chi connectivity index (χ4n) is 10.9. The van der Waals surface area contributed by atoms with Crippen LogP contribution < -0.4 is 24.4 Å². The number of hydrogen-bond acceptors (Lipinski definition) is 12. The molecule has 0 saturated carbocycles. The predicted octanol–water partition coefficient (Wildman–Crippen LogP) is 13.0. The fourth-order valence-corrected chi connectivity index (χ4v) is 14.6. The van der Waals surface area contributed by atoms with E-state index in [1.807, 2.05) is 43.5 Å². The van der Waals surface area contributed by atoms with Gasteiger partial charge in [-0.1, -0.05) is 12.1 Å². The molecule has 10 rings (SSSR count). The third kappa shape index (κ3) is 8.06. The molecule has 3 amide bonds. The van der Waals surface area contributed by atoms with Gasteiger partial charge in [-0.3, -0.25) is 19.3 Å². The van der Waals surface area contributed by atoms with E-state index < -0.39 is 49.2 Å². The summed E-state index contributed by atoms with van der Waals surface area (Å²) in [6, 6.07) is 24.4. The molecular formula is C55H51F3N5O8PS2. The quantitative estimate of drug-likeness (QED) is 0.0754. The number of thiophene rings is 2. The van der Waals surface area contributed by atoms with E-state index in [9.17, 15) is 32.3 Å². The number of hydrogen-bond donors (Lipinski definition) is 1. The van der Waals surface area contributed by atoms with Crippen molar-refractivity contribution < 1.29 is 50.9 Å². The molecule has 0 bridgehead atoms. The molecule has 0 saturated heterocycles. The van der Waals surface area contributed by atoms with Crippen LogP contribution in [0.25, 0.3) is 20.9 Å². The molecule has 2 atom stereocenters. The molecule has 19 heteroatoms. The van der Waals surface area contributed by atoms with Crippen LogP contribution in [0.15, 0.2) is 89.6 Å². The maximum Gasteiger partial charge on any atom is 0.471 e. The molecule has 1 N–H and O–H groups in total. The van der Waals surface area contributed by atoms with Gasteiger partial charge < -0.3 is 28.7 Å². The first-order valence-corrected chi connectivity index (χ1v) is 26.8. The number of anilines is 2. The van der Waals surface area contributed by atoms with Gasteiger partial charge in [0.2, 0.25) is 5.91 Å². The molecule has 1 spiro atoms. The van der Waals surface area contributed by atoms with Gasteiger partial charge >= 0.3 is 26.6 Å².